The minimum absolute atomic E-state index is 0.124. The number of pyridine rings is 1. The summed E-state index contributed by atoms with van der Waals surface area (Å²) in [6.45, 7) is 0.804. The number of aromatic nitrogens is 4. The van der Waals surface area contributed by atoms with Crippen LogP contribution in [0.1, 0.15) is 21.5 Å². The summed E-state index contributed by atoms with van der Waals surface area (Å²) in [7, 11) is 1.65. The Labute approximate surface area is 212 Å². The molecule has 4 heterocycles. The van der Waals surface area contributed by atoms with Crippen molar-refractivity contribution in [2.45, 2.75) is 13.0 Å². The molecule has 0 atom stereocenters. The molecule has 6 aromatic rings. The van der Waals surface area contributed by atoms with Crippen LogP contribution < -0.4 is 15.6 Å². The van der Waals surface area contributed by atoms with Crippen LogP contribution in [0.5, 0.6) is 5.75 Å². The molecule has 6 rings (SSSR count). The first-order valence-electron chi connectivity index (χ1n) is 12.1. The number of methoxy groups -OCH3 is 1. The zero-order valence-electron chi connectivity index (χ0n) is 20.3. The number of nitrogens with one attached hydrogen (secondary N) is 2. The van der Waals surface area contributed by atoms with Crippen LogP contribution >= 0.6 is 0 Å². The standard InChI is InChI=1S/C29H25N5O3/c1-37-22-9-10-24-23(16-22)21(17-32-24)11-13-31-28(35)20-6-2-5-19(15-20)18-34-27-25(7-3-12-30-27)33-14-4-8-26(33)29(34)36/h2-10,12,14-17,32H,11,13,18H2,1H3,(H,31,35). The van der Waals surface area contributed by atoms with E-state index in [0.29, 0.717) is 36.2 Å². The van der Waals surface area contributed by atoms with E-state index in [-0.39, 0.29) is 11.5 Å². The van der Waals surface area contributed by atoms with Crippen LogP contribution in [0.4, 0.5) is 0 Å². The SMILES string of the molecule is COc1ccc2[nH]cc(CCNC(=O)c3cccc(Cn4c(=O)c5cccn5c5cccnc54)c3)c2c1. The number of carbonyl (C=O) groups is 1. The zero-order chi connectivity index (χ0) is 25.4. The van der Waals surface area contributed by atoms with Gasteiger partial charge in [-0.25, -0.2) is 4.98 Å². The van der Waals surface area contributed by atoms with Gasteiger partial charge in [0.15, 0.2) is 5.65 Å². The summed E-state index contributed by atoms with van der Waals surface area (Å²) in [6, 6.07) is 20.7. The van der Waals surface area contributed by atoms with Crippen LogP contribution in [0.3, 0.4) is 0 Å². The van der Waals surface area contributed by atoms with Crippen LogP contribution in [0.2, 0.25) is 0 Å². The molecule has 8 nitrogen and oxygen atoms in total. The molecule has 0 aliphatic rings. The third kappa shape index (κ3) is 4.12. The molecule has 37 heavy (non-hydrogen) atoms. The topological polar surface area (TPSA) is 93.4 Å². The smallest absolute Gasteiger partial charge is 0.276 e. The molecule has 0 bridgehead atoms. The van der Waals surface area contributed by atoms with Crippen LogP contribution in [-0.2, 0) is 13.0 Å². The van der Waals surface area contributed by atoms with Crippen LogP contribution in [-0.4, -0.2) is 38.5 Å². The Hall–Kier alpha value is -4.85. The average Bonchev–Trinajstić information content (AvgIpc) is 3.59. The Balaban J connectivity index is 1.20. The Bertz CT molecular complexity index is 1830. The summed E-state index contributed by atoms with van der Waals surface area (Å²) < 4.78 is 8.85. The first kappa shape index (κ1) is 22.6. The molecule has 0 fully saturated rings. The maximum absolute atomic E-state index is 13.2. The number of H-pyrrole nitrogens is 1. The normalized spacial score (nSPS) is 11.4. The summed E-state index contributed by atoms with van der Waals surface area (Å²) in [5.74, 6) is 0.643. The maximum atomic E-state index is 13.2. The van der Waals surface area contributed by atoms with Gasteiger partial charge in [-0.15, -0.1) is 0 Å². The predicted molar refractivity (Wildman–Crippen MR) is 143 cm³/mol. The predicted octanol–water partition coefficient (Wildman–Crippen LogP) is 4.16. The highest BCUT2D eigenvalue weighted by molar-refractivity contribution is 5.94. The lowest BCUT2D eigenvalue weighted by Crippen LogP contribution is -2.26. The second kappa shape index (κ2) is 9.31. The number of rotatable bonds is 7. The monoisotopic (exact) mass is 491 g/mol. The fraction of sp³-hybridized carbons (Fsp3) is 0.138. The largest absolute Gasteiger partial charge is 0.497 e. The van der Waals surface area contributed by atoms with Gasteiger partial charge in [0.05, 0.1) is 19.2 Å². The number of hydrogen-bond donors (Lipinski definition) is 2. The van der Waals surface area contributed by atoms with Gasteiger partial charge < -0.3 is 19.4 Å². The van der Waals surface area contributed by atoms with E-state index in [1.54, 1.807) is 30.0 Å². The van der Waals surface area contributed by atoms with Crippen molar-refractivity contribution in [3.63, 3.8) is 0 Å². The quantitative estimate of drug-likeness (QED) is 0.351. The first-order valence-corrected chi connectivity index (χ1v) is 12.1. The summed E-state index contributed by atoms with van der Waals surface area (Å²) in [5, 5.41) is 4.10. The van der Waals surface area contributed by atoms with Crippen molar-refractivity contribution in [3.8, 4) is 5.75 Å². The van der Waals surface area contributed by atoms with Crippen molar-refractivity contribution >= 4 is 33.5 Å². The number of nitrogens with zero attached hydrogens (tertiary/aromatic N) is 3. The molecule has 184 valence electrons. The van der Waals surface area contributed by atoms with Gasteiger partial charge in [0.25, 0.3) is 11.5 Å². The highest BCUT2D eigenvalue weighted by atomic mass is 16.5. The summed E-state index contributed by atoms with van der Waals surface area (Å²) in [4.78, 5) is 33.9. The number of amides is 1. The molecule has 8 heteroatoms. The molecule has 0 unspecified atom stereocenters. The number of fused-ring (bicyclic) bond motifs is 4. The maximum Gasteiger partial charge on any atom is 0.276 e. The Morgan fingerprint density at radius 2 is 1.95 bits per heavy atom. The number of hydrogen-bond acceptors (Lipinski definition) is 4. The number of carbonyl (C=O) groups excluding carboxylic acids is 1. The second-order valence-corrected chi connectivity index (χ2v) is 8.93. The molecule has 2 N–H and O–H groups in total. The number of aromatic amines is 1. The summed E-state index contributed by atoms with van der Waals surface area (Å²) in [5.41, 5.74) is 5.46. The zero-order valence-corrected chi connectivity index (χ0v) is 20.3. The highest BCUT2D eigenvalue weighted by Gasteiger charge is 2.13. The van der Waals surface area contributed by atoms with Crippen molar-refractivity contribution < 1.29 is 9.53 Å². The Morgan fingerprint density at radius 1 is 1.05 bits per heavy atom. The van der Waals surface area contributed by atoms with E-state index >= 15 is 0 Å². The van der Waals surface area contributed by atoms with Crippen LogP contribution in [0.25, 0.3) is 27.6 Å². The Morgan fingerprint density at radius 3 is 2.84 bits per heavy atom. The second-order valence-electron chi connectivity index (χ2n) is 8.93. The molecule has 0 saturated carbocycles. The van der Waals surface area contributed by atoms with Crippen molar-refractivity contribution in [1.82, 2.24) is 24.3 Å². The van der Waals surface area contributed by atoms with Crippen LogP contribution in [0.15, 0.2) is 90.1 Å². The molecular weight excluding hydrogens is 466 g/mol. The summed E-state index contributed by atoms with van der Waals surface area (Å²) >= 11 is 0. The molecule has 1 amide bonds. The minimum Gasteiger partial charge on any atom is -0.497 e. The average molecular weight is 492 g/mol. The van der Waals surface area contributed by atoms with Gasteiger partial charge in [0, 0.05) is 41.6 Å². The Kier molecular flexibility index (Phi) is 5.69. The van der Waals surface area contributed by atoms with Gasteiger partial charge in [-0.1, -0.05) is 12.1 Å². The van der Waals surface area contributed by atoms with E-state index in [4.69, 9.17) is 4.74 Å². The third-order valence-corrected chi connectivity index (χ3v) is 6.68. The van der Waals surface area contributed by atoms with E-state index in [1.807, 2.05) is 71.4 Å². The fourth-order valence-electron chi connectivity index (χ4n) is 4.83. The van der Waals surface area contributed by atoms with Gasteiger partial charge in [-0.2, -0.15) is 0 Å². The van der Waals surface area contributed by atoms with Gasteiger partial charge in [0.2, 0.25) is 0 Å². The molecule has 4 aromatic heterocycles. The third-order valence-electron chi connectivity index (χ3n) is 6.68. The number of ether oxygens (including phenoxy) is 1. The van der Waals surface area contributed by atoms with Crippen LogP contribution in [0, 0.1) is 0 Å². The molecule has 0 aliphatic carbocycles. The molecule has 0 saturated heterocycles. The van der Waals surface area contributed by atoms with E-state index in [1.165, 1.54) is 0 Å². The minimum atomic E-state index is -0.156. The molecular formula is C29H25N5O3. The lowest BCUT2D eigenvalue weighted by molar-refractivity contribution is 0.0954. The van der Waals surface area contributed by atoms with Crippen molar-refractivity contribution in [1.29, 1.82) is 0 Å². The van der Waals surface area contributed by atoms with Crippen molar-refractivity contribution in [2.75, 3.05) is 13.7 Å². The molecule has 0 aliphatic heterocycles. The van der Waals surface area contributed by atoms with Crippen molar-refractivity contribution in [2.24, 2.45) is 0 Å². The molecule has 0 spiro atoms. The van der Waals surface area contributed by atoms with E-state index in [0.717, 1.165) is 33.3 Å². The van der Waals surface area contributed by atoms with E-state index in [2.05, 4.69) is 15.3 Å². The van der Waals surface area contributed by atoms with Crippen molar-refractivity contribution in [3.05, 3.63) is 112 Å². The highest BCUT2D eigenvalue weighted by Crippen LogP contribution is 2.24. The molecule has 2 aromatic carbocycles. The van der Waals surface area contributed by atoms with E-state index < -0.39 is 0 Å². The summed E-state index contributed by atoms with van der Waals surface area (Å²) in [6.07, 6.45) is 6.20. The molecule has 0 radical (unpaired) electrons. The van der Waals surface area contributed by atoms with E-state index in [9.17, 15) is 9.59 Å². The fourth-order valence-corrected chi connectivity index (χ4v) is 4.83. The van der Waals surface area contributed by atoms with Gasteiger partial charge >= 0.3 is 0 Å². The van der Waals surface area contributed by atoms with Gasteiger partial charge in [0.1, 0.15) is 11.3 Å². The lowest BCUT2D eigenvalue weighted by Gasteiger charge is -2.12. The lowest BCUT2D eigenvalue weighted by atomic mass is 10.1. The van der Waals surface area contributed by atoms with Gasteiger partial charge in [-0.3, -0.25) is 14.2 Å². The first-order chi connectivity index (χ1) is 18.1. The number of benzene rings is 2. The van der Waals surface area contributed by atoms with Gasteiger partial charge in [-0.05, 0) is 72.1 Å².